The molecule has 3 aromatic heterocycles. The zero-order valence-corrected chi connectivity index (χ0v) is 80.8. The second kappa shape index (κ2) is 32.7. The van der Waals surface area contributed by atoms with Crippen molar-refractivity contribution >= 4 is 130 Å². The van der Waals surface area contributed by atoms with Crippen LogP contribution < -0.4 is 0 Å². The molecule has 0 fully saturated rings. The van der Waals surface area contributed by atoms with E-state index in [4.69, 9.17) is 13.3 Å². The van der Waals surface area contributed by atoms with Crippen molar-refractivity contribution < 1.29 is 13.3 Å². The summed E-state index contributed by atoms with van der Waals surface area (Å²) in [6.45, 7) is 14.2. The summed E-state index contributed by atoms with van der Waals surface area (Å²) in [6, 6.07) is 173. The van der Waals surface area contributed by atoms with Gasteiger partial charge in [-0.25, -0.2) is 0 Å². The smallest absolute Gasteiger partial charge is 0.143 e. The minimum Gasteiger partial charge on any atom is -0.456 e. The SMILES string of the molecule is CC1(C)c2ccccc2-c2c(-c3c4ccccc4c(-c4ccc5oc6ccccc6c5c4)c4ccc(-c5ccccc5)cc34)cccc21.CC1(C)c2ccccc2-c2c(-c3c4ccccc4c(-c4cccc5c4oc4ccccc45)c4ccc(-c5ccccc5)cc34)cccc21.CC1(C)c2ccccc2-c2c(-c3c4ccccc4c(-c4cccc5oc6ccccc6c45)c4ccc(-c5ccccc5)cc34)cccc21. The minimum atomic E-state index is -0.0837. The molecule has 24 aromatic carbocycles. The van der Waals surface area contributed by atoms with Gasteiger partial charge in [0.1, 0.15) is 33.5 Å². The lowest BCUT2D eigenvalue weighted by atomic mass is 9.80. The van der Waals surface area contributed by atoms with E-state index in [0.29, 0.717) is 0 Å². The molecular formula is C141H96O3. The van der Waals surface area contributed by atoms with Gasteiger partial charge in [0.25, 0.3) is 0 Å². The number of para-hydroxylation sites is 4. The standard InChI is InChI=1S/3C47H32O/c1-47(2)40-23-10-8-19-36(40)45-37(21-13-24-41(45)47)44-33-18-7-6-17-32(33)43(34-27-26-30(28-39(34)44)29-14-4-3-5-15-29)38-22-12-20-35-31-16-9-11-25-42(31)48-46(35)38;1-47(2)39-22-10-8-18-34(39)45-36(20-12-23-40(45)47)44-32-17-7-6-16-31(32)43(33-27-26-30(28-38(33)44)29-14-4-3-5-15-29)37-21-13-25-42-46(37)35-19-9-11-24-41(35)48-42;1-47(2)40-20-10-8-18-36(40)46-37(19-12-21-41(46)47)45-34-17-7-6-16-33(34)44(35-25-23-30(27-39(35)45)29-13-4-3-5-14-29)31-24-26-43-38(28-31)32-15-9-11-22-42(32)48-43/h3*3-28H,1-2H3. The van der Waals surface area contributed by atoms with Crippen LogP contribution in [0.15, 0.2) is 486 Å². The zero-order chi connectivity index (χ0) is 96.0. The molecule has 144 heavy (non-hydrogen) atoms. The van der Waals surface area contributed by atoms with Crippen LogP contribution in [-0.2, 0) is 16.2 Å². The van der Waals surface area contributed by atoms with Gasteiger partial charge in [0.05, 0.1) is 0 Å². The molecular weight excluding hydrogens is 1740 g/mol. The van der Waals surface area contributed by atoms with Crippen molar-refractivity contribution in [3.63, 3.8) is 0 Å². The predicted molar refractivity (Wildman–Crippen MR) is 608 cm³/mol. The molecule has 678 valence electrons. The predicted octanol–water partition coefficient (Wildman–Crippen LogP) is 39.6. The summed E-state index contributed by atoms with van der Waals surface area (Å²) in [5.74, 6) is 0. The van der Waals surface area contributed by atoms with E-state index in [1.807, 2.05) is 18.2 Å². The van der Waals surface area contributed by atoms with Gasteiger partial charge in [-0.15, -0.1) is 0 Å². The van der Waals surface area contributed by atoms with Crippen LogP contribution in [0.4, 0.5) is 0 Å². The van der Waals surface area contributed by atoms with Crippen molar-refractivity contribution in [1.29, 1.82) is 0 Å². The van der Waals surface area contributed by atoms with Gasteiger partial charge in [-0.2, -0.15) is 0 Å². The number of benzene rings is 24. The molecule has 30 rings (SSSR count). The lowest BCUT2D eigenvalue weighted by molar-refractivity contribution is 0.660. The molecule has 0 saturated carbocycles. The summed E-state index contributed by atoms with van der Waals surface area (Å²) in [6.07, 6.45) is 0. The van der Waals surface area contributed by atoms with Gasteiger partial charge in [-0.05, 0) is 275 Å². The fourth-order valence-electron chi connectivity index (χ4n) is 25.4. The molecule has 0 atom stereocenters. The van der Waals surface area contributed by atoms with Crippen LogP contribution in [0.3, 0.4) is 0 Å². The Labute approximate surface area is 835 Å². The molecule has 3 heteroatoms. The molecule has 0 aliphatic heterocycles. The van der Waals surface area contributed by atoms with E-state index < -0.39 is 0 Å². The molecule has 0 radical (unpaired) electrons. The third-order valence-corrected chi connectivity index (χ3v) is 32.0. The summed E-state index contributed by atoms with van der Waals surface area (Å²) < 4.78 is 19.3. The van der Waals surface area contributed by atoms with Crippen molar-refractivity contribution in [2.45, 2.75) is 57.8 Å². The quantitative estimate of drug-likeness (QED) is 0.135. The third kappa shape index (κ3) is 12.8. The molecule has 0 N–H and O–H groups in total. The molecule has 0 unspecified atom stereocenters. The molecule has 3 heterocycles. The average molecular weight is 1840 g/mol. The second-order valence-electron chi connectivity index (χ2n) is 40.8. The number of hydrogen-bond donors (Lipinski definition) is 0. The van der Waals surface area contributed by atoms with Crippen molar-refractivity contribution in [1.82, 2.24) is 0 Å². The zero-order valence-electron chi connectivity index (χ0n) is 80.8. The Morgan fingerprint density at radius 1 is 0.132 bits per heavy atom. The summed E-state index contributed by atoms with van der Waals surface area (Å²) >= 11 is 0. The Balaban J connectivity index is 0.000000105. The lowest BCUT2D eigenvalue weighted by Gasteiger charge is -2.23. The molecule has 3 aliphatic rings. The topological polar surface area (TPSA) is 39.4 Å². The van der Waals surface area contributed by atoms with Gasteiger partial charge >= 0.3 is 0 Å². The first-order valence-electron chi connectivity index (χ1n) is 50.3. The van der Waals surface area contributed by atoms with E-state index >= 15 is 0 Å². The van der Waals surface area contributed by atoms with Gasteiger partial charge in [0.2, 0.25) is 0 Å². The normalized spacial score (nSPS) is 13.4. The summed E-state index contributed by atoms with van der Waals surface area (Å²) in [7, 11) is 0. The van der Waals surface area contributed by atoms with Gasteiger partial charge in [-0.3, -0.25) is 0 Å². The number of hydrogen-bond acceptors (Lipinski definition) is 3. The van der Waals surface area contributed by atoms with E-state index in [2.05, 4.69) is 497 Å². The average Bonchev–Trinajstić information content (AvgIpc) is 1.42. The monoisotopic (exact) mass is 1840 g/mol. The second-order valence-corrected chi connectivity index (χ2v) is 40.8. The van der Waals surface area contributed by atoms with Gasteiger partial charge in [0.15, 0.2) is 0 Å². The largest absolute Gasteiger partial charge is 0.456 e. The number of rotatable bonds is 9. The molecule has 0 amide bonds. The highest BCUT2D eigenvalue weighted by Gasteiger charge is 2.42. The van der Waals surface area contributed by atoms with Crippen LogP contribution in [0.2, 0.25) is 0 Å². The molecule has 0 bridgehead atoms. The number of fused-ring (bicyclic) bond motifs is 24. The first kappa shape index (κ1) is 84.3. The van der Waals surface area contributed by atoms with Crippen LogP contribution in [0, 0.1) is 0 Å². The Kier molecular flexibility index (Phi) is 19.1. The van der Waals surface area contributed by atoms with Gasteiger partial charge in [-0.1, -0.05) is 460 Å². The Morgan fingerprint density at radius 3 is 0.826 bits per heavy atom. The summed E-state index contributed by atoms with van der Waals surface area (Å²) in [4.78, 5) is 0. The Hall–Kier alpha value is -17.8. The molecule has 3 aliphatic carbocycles. The van der Waals surface area contributed by atoms with E-state index in [-0.39, 0.29) is 16.2 Å². The number of furan rings is 3. The highest BCUT2D eigenvalue weighted by Crippen LogP contribution is 2.61. The van der Waals surface area contributed by atoms with Crippen LogP contribution in [-0.4, -0.2) is 0 Å². The van der Waals surface area contributed by atoms with Crippen LogP contribution in [0.5, 0.6) is 0 Å². The highest BCUT2D eigenvalue weighted by molar-refractivity contribution is 6.30. The van der Waals surface area contributed by atoms with Crippen LogP contribution >= 0.6 is 0 Å². The van der Waals surface area contributed by atoms with Crippen LogP contribution in [0.1, 0.15) is 74.9 Å². The Bertz CT molecular complexity index is 10000. The van der Waals surface area contributed by atoms with Gasteiger partial charge < -0.3 is 13.3 Å². The first-order chi connectivity index (χ1) is 70.8. The molecule has 0 saturated heterocycles. The van der Waals surface area contributed by atoms with Crippen molar-refractivity contribution in [2.75, 3.05) is 0 Å². The fourth-order valence-corrected chi connectivity index (χ4v) is 25.4. The molecule has 3 nitrogen and oxygen atoms in total. The fraction of sp³-hybridized carbons (Fsp3) is 0.0638. The maximum atomic E-state index is 6.67. The van der Waals surface area contributed by atoms with E-state index in [1.165, 1.54) is 226 Å². The van der Waals surface area contributed by atoms with Crippen molar-refractivity contribution in [2.24, 2.45) is 0 Å². The summed E-state index contributed by atoms with van der Waals surface area (Å²) in [5, 5.41) is 21.8. The Morgan fingerprint density at radius 2 is 0.389 bits per heavy atom. The van der Waals surface area contributed by atoms with Gasteiger partial charge in [0, 0.05) is 59.7 Å². The summed E-state index contributed by atoms with van der Waals surface area (Å²) in [5.41, 5.74) is 43.9. The van der Waals surface area contributed by atoms with E-state index in [0.717, 1.165) is 71.4 Å². The van der Waals surface area contributed by atoms with E-state index in [1.54, 1.807) is 0 Å². The first-order valence-corrected chi connectivity index (χ1v) is 50.3. The molecule has 27 aromatic rings. The lowest BCUT2D eigenvalue weighted by Crippen LogP contribution is -2.14. The van der Waals surface area contributed by atoms with E-state index in [9.17, 15) is 0 Å². The van der Waals surface area contributed by atoms with Crippen molar-refractivity contribution in [3.05, 3.63) is 507 Å². The van der Waals surface area contributed by atoms with Crippen LogP contribution in [0.25, 0.3) is 264 Å². The van der Waals surface area contributed by atoms with Crippen molar-refractivity contribution in [3.8, 4) is 134 Å². The third-order valence-electron chi connectivity index (χ3n) is 32.0. The maximum Gasteiger partial charge on any atom is 0.143 e. The molecule has 0 spiro atoms. The highest BCUT2D eigenvalue weighted by atomic mass is 16.3. The minimum absolute atomic E-state index is 0.0779. The maximum absolute atomic E-state index is 6.67.